The standard InChI is InChI=1S/C12H16N6O2S/c19-21(20,11-8-13-9-16-11)17-10-6-14-12(15-7-10)18-4-2-1-3-5-18/h6-9,17H,1-5H2,(H,13,16). The fourth-order valence-corrected chi connectivity index (χ4v) is 3.16. The Morgan fingerprint density at radius 3 is 2.43 bits per heavy atom. The zero-order chi connectivity index (χ0) is 14.7. The van der Waals surface area contributed by atoms with Gasteiger partial charge in [-0.3, -0.25) is 4.72 Å². The second kappa shape index (κ2) is 5.68. The van der Waals surface area contributed by atoms with Crippen molar-refractivity contribution >= 4 is 21.7 Å². The number of nitrogens with one attached hydrogen (secondary N) is 2. The Bertz CT molecular complexity index is 677. The molecular formula is C12H16N6O2S. The van der Waals surface area contributed by atoms with Crippen molar-refractivity contribution in [3.63, 3.8) is 0 Å². The van der Waals surface area contributed by atoms with E-state index in [0.29, 0.717) is 11.6 Å². The Labute approximate surface area is 122 Å². The van der Waals surface area contributed by atoms with E-state index in [-0.39, 0.29) is 5.03 Å². The van der Waals surface area contributed by atoms with Gasteiger partial charge in [0.2, 0.25) is 5.95 Å². The van der Waals surface area contributed by atoms with Crippen LogP contribution in [0.2, 0.25) is 0 Å². The van der Waals surface area contributed by atoms with Crippen molar-refractivity contribution in [3.05, 3.63) is 24.9 Å². The lowest BCUT2D eigenvalue weighted by Gasteiger charge is -2.26. The third kappa shape index (κ3) is 3.13. The highest BCUT2D eigenvalue weighted by molar-refractivity contribution is 7.92. The lowest BCUT2D eigenvalue weighted by atomic mass is 10.1. The SMILES string of the molecule is O=S(=O)(Nc1cnc(N2CCCCC2)nc1)c1cnc[nH]1. The molecule has 0 amide bonds. The molecule has 2 N–H and O–H groups in total. The van der Waals surface area contributed by atoms with Gasteiger partial charge in [-0.2, -0.15) is 8.42 Å². The molecule has 9 heteroatoms. The third-order valence-electron chi connectivity index (χ3n) is 3.29. The number of aromatic amines is 1. The van der Waals surface area contributed by atoms with Crippen molar-refractivity contribution in [2.75, 3.05) is 22.7 Å². The average molecular weight is 308 g/mol. The first-order valence-electron chi connectivity index (χ1n) is 6.73. The summed E-state index contributed by atoms with van der Waals surface area (Å²) in [5.74, 6) is 0.638. The maximum atomic E-state index is 12.0. The molecular weight excluding hydrogens is 292 g/mol. The highest BCUT2D eigenvalue weighted by Crippen LogP contribution is 2.17. The molecule has 112 valence electrons. The summed E-state index contributed by atoms with van der Waals surface area (Å²) in [6.07, 6.45) is 9.01. The van der Waals surface area contributed by atoms with Crippen LogP contribution in [-0.2, 0) is 10.0 Å². The molecule has 0 aromatic carbocycles. The van der Waals surface area contributed by atoms with Gasteiger partial charge < -0.3 is 9.88 Å². The van der Waals surface area contributed by atoms with E-state index in [1.54, 1.807) is 0 Å². The number of rotatable bonds is 4. The van der Waals surface area contributed by atoms with Gasteiger partial charge in [0.15, 0.2) is 5.03 Å². The molecule has 0 bridgehead atoms. The molecule has 2 aromatic rings. The second-order valence-electron chi connectivity index (χ2n) is 4.84. The Hall–Kier alpha value is -2.16. The highest BCUT2D eigenvalue weighted by atomic mass is 32.2. The van der Waals surface area contributed by atoms with Crippen LogP contribution in [0.15, 0.2) is 29.9 Å². The van der Waals surface area contributed by atoms with Crippen LogP contribution in [0, 0.1) is 0 Å². The summed E-state index contributed by atoms with van der Waals surface area (Å²) in [6.45, 7) is 1.89. The lowest BCUT2D eigenvalue weighted by Crippen LogP contribution is -2.30. The number of piperidine rings is 1. The molecule has 1 saturated heterocycles. The Balaban J connectivity index is 1.72. The first-order chi connectivity index (χ1) is 10.1. The molecule has 8 nitrogen and oxygen atoms in total. The van der Waals surface area contributed by atoms with Gasteiger partial charge >= 0.3 is 0 Å². The van der Waals surface area contributed by atoms with Gasteiger partial charge in [0.25, 0.3) is 10.0 Å². The molecule has 1 aliphatic heterocycles. The smallest absolute Gasteiger partial charge is 0.279 e. The predicted molar refractivity (Wildman–Crippen MR) is 77.5 cm³/mol. The summed E-state index contributed by atoms with van der Waals surface area (Å²) in [4.78, 5) is 16.8. The van der Waals surface area contributed by atoms with E-state index >= 15 is 0 Å². The number of nitrogens with zero attached hydrogens (tertiary/aromatic N) is 4. The largest absolute Gasteiger partial charge is 0.341 e. The van der Waals surface area contributed by atoms with Crippen molar-refractivity contribution < 1.29 is 8.42 Å². The number of aromatic nitrogens is 4. The van der Waals surface area contributed by atoms with Crippen LogP contribution < -0.4 is 9.62 Å². The molecule has 0 spiro atoms. The zero-order valence-electron chi connectivity index (χ0n) is 11.4. The molecule has 3 heterocycles. The minimum atomic E-state index is -3.67. The van der Waals surface area contributed by atoms with E-state index in [9.17, 15) is 8.42 Å². The number of hydrogen-bond donors (Lipinski definition) is 2. The number of imidazole rings is 1. The van der Waals surface area contributed by atoms with Gasteiger partial charge in [-0.1, -0.05) is 0 Å². The normalized spacial score (nSPS) is 15.9. The minimum Gasteiger partial charge on any atom is -0.341 e. The van der Waals surface area contributed by atoms with Crippen LogP contribution in [-0.4, -0.2) is 41.4 Å². The molecule has 0 aliphatic carbocycles. The highest BCUT2D eigenvalue weighted by Gasteiger charge is 2.17. The van der Waals surface area contributed by atoms with Crippen LogP contribution in [0.5, 0.6) is 0 Å². The van der Waals surface area contributed by atoms with Gasteiger partial charge in [-0.15, -0.1) is 0 Å². The molecule has 0 saturated carbocycles. The fraction of sp³-hybridized carbons (Fsp3) is 0.417. The van der Waals surface area contributed by atoms with E-state index in [1.807, 2.05) is 0 Å². The van der Waals surface area contributed by atoms with Crippen molar-refractivity contribution in [1.82, 2.24) is 19.9 Å². The van der Waals surface area contributed by atoms with Gasteiger partial charge in [0.1, 0.15) is 0 Å². The van der Waals surface area contributed by atoms with Crippen LogP contribution in [0.25, 0.3) is 0 Å². The van der Waals surface area contributed by atoms with Gasteiger partial charge in [0.05, 0.1) is 30.6 Å². The number of H-pyrrole nitrogens is 1. The predicted octanol–water partition coefficient (Wildman–Crippen LogP) is 0.991. The summed E-state index contributed by atoms with van der Waals surface area (Å²) in [5, 5.41) is 0.00241. The van der Waals surface area contributed by atoms with Crippen molar-refractivity contribution in [2.24, 2.45) is 0 Å². The Kier molecular flexibility index (Phi) is 3.74. The van der Waals surface area contributed by atoms with Gasteiger partial charge in [-0.25, -0.2) is 15.0 Å². The molecule has 0 unspecified atom stereocenters. The average Bonchev–Trinajstić information content (AvgIpc) is 3.04. The van der Waals surface area contributed by atoms with Crippen LogP contribution in [0.4, 0.5) is 11.6 Å². The summed E-state index contributed by atoms with van der Waals surface area (Å²) >= 11 is 0. The quantitative estimate of drug-likeness (QED) is 0.873. The maximum Gasteiger partial charge on any atom is 0.279 e. The monoisotopic (exact) mass is 308 g/mol. The number of anilines is 2. The molecule has 1 aliphatic rings. The first-order valence-corrected chi connectivity index (χ1v) is 8.22. The van der Waals surface area contributed by atoms with Crippen molar-refractivity contribution in [2.45, 2.75) is 24.3 Å². The van der Waals surface area contributed by atoms with Crippen LogP contribution in [0.1, 0.15) is 19.3 Å². The van der Waals surface area contributed by atoms with E-state index in [0.717, 1.165) is 25.9 Å². The summed E-state index contributed by atoms with van der Waals surface area (Å²) in [6, 6.07) is 0. The summed E-state index contributed by atoms with van der Waals surface area (Å²) < 4.78 is 26.4. The molecule has 0 atom stereocenters. The van der Waals surface area contributed by atoms with Gasteiger partial charge in [0, 0.05) is 13.1 Å². The first kappa shape index (κ1) is 13.8. The van der Waals surface area contributed by atoms with Crippen molar-refractivity contribution in [1.29, 1.82) is 0 Å². The molecule has 3 rings (SSSR count). The summed E-state index contributed by atoms with van der Waals surface area (Å²) in [5.41, 5.74) is 0.324. The van der Waals surface area contributed by atoms with E-state index < -0.39 is 10.0 Å². The van der Waals surface area contributed by atoms with Gasteiger partial charge in [-0.05, 0) is 19.3 Å². The molecule has 1 fully saturated rings. The lowest BCUT2D eigenvalue weighted by molar-refractivity contribution is 0.568. The van der Waals surface area contributed by atoms with E-state index in [2.05, 4.69) is 29.6 Å². The van der Waals surface area contributed by atoms with E-state index in [4.69, 9.17) is 0 Å². The molecule has 0 radical (unpaired) electrons. The van der Waals surface area contributed by atoms with Crippen LogP contribution in [0.3, 0.4) is 0 Å². The summed E-state index contributed by atoms with van der Waals surface area (Å²) in [7, 11) is -3.67. The van der Waals surface area contributed by atoms with Crippen LogP contribution >= 0.6 is 0 Å². The second-order valence-corrected chi connectivity index (χ2v) is 6.49. The third-order valence-corrected chi connectivity index (χ3v) is 4.60. The number of sulfonamides is 1. The molecule has 21 heavy (non-hydrogen) atoms. The van der Waals surface area contributed by atoms with E-state index in [1.165, 1.54) is 31.3 Å². The Morgan fingerprint density at radius 1 is 1.10 bits per heavy atom. The maximum absolute atomic E-state index is 12.0. The fourth-order valence-electron chi connectivity index (χ4n) is 2.23. The molecule has 2 aromatic heterocycles. The number of hydrogen-bond acceptors (Lipinski definition) is 6. The zero-order valence-corrected chi connectivity index (χ0v) is 12.2. The Morgan fingerprint density at radius 2 is 1.81 bits per heavy atom. The minimum absolute atomic E-state index is 0.00241. The topological polar surface area (TPSA) is 104 Å². The van der Waals surface area contributed by atoms with Crippen molar-refractivity contribution in [3.8, 4) is 0 Å².